The number of anilines is 1. The fourth-order valence-electron chi connectivity index (χ4n) is 1.25. The molecule has 6 heteroatoms. The standard InChI is InChI=1S/C9H12ClNO3S/c1-6(12)5-15(13,14)9-7(10)3-2-4-8(9)11/h2-4,6,12H,5,11H2,1H3. The van der Waals surface area contributed by atoms with E-state index in [1.54, 1.807) is 6.07 Å². The van der Waals surface area contributed by atoms with E-state index < -0.39 is 15.9 Å². The van der Waals surface area contributed by atoms with Gasteiger partial charge in [0.25, 0.3) is 0 Å². The van der Waals surface area contributed by atoms with Gasteiger partial charge in [0.15, 0.2) is 9.84 Å². The minimum atomic E-state index is -3.63. The molecule has 0 aliphatic carbocycles. The van der Waals surface area contributed by atoms with Crippen LogP contribution in [-0.2, 0) is 9.84 Å². The van der Waals surface area contributed by atoms with Crippen molar-refractivity contribution in [2.24, 2.45) is 0 Å². The van der Waals surface area contributed by atoms with E-state index in [0.717, 1.165) is 0 Å². The molecule has 0 aliphatic rings. The molecule has 1 atom stereocenters. The molecular formula is C9H12ClNO3S. The van der Waals surface area contributed by atoms with Crippen molar-refractivity contribution in [2.45, 2.75) is 17.9 Å². The second-order valence-corrected chi connectivity index (χ2v) is 5.67. The van der Waals surface area contributed by atoms with Crippen LogP contribution in [0.4, 0.5) is 5.69 Å². The van der Waals surface area contributed by atoms with Crippen molar-refractivity contribution < 1.29 is 13.5 Å². The van der Waals surface area contributed by atoms with Gasteiger partial charge < -0.3 is 10.8 Å². The second kappa shape index (κ2) is 4.38. The van der Waals surface area contributed by atoms with Gasteiger partial charge in [-0.25, -0.2) is 8.42 Å². The van der Waals surface area contributed by atoms with Crippen molar-refractivity contribution in [3.63, 3.8) is 0 Å². The van der Waals surface area contributed by atoms with Crippen LogP contribution in [0.5, 0.6) is 0 Å². The monoisotopic (exact) mass is 249 g/mol. The summed E-state index contributed by atoms with van der Waals surface area (Å²) < 4.78 is 23.5. The first-order valence-electron chi connectivity index (χ1n) is 4.29. The van der Waals surface area contributed by atoms with Gasteiger partial charge >= 0.3 is 0 Å². The number of sulfone groups is 1. The second-order valence-electron chi connectivity index (χ2n) is 3.29. The first-order valence-corrected chi connectivity index (χ1v) is 6.32. The SMILES string of the molecule is CC(O)CS(=O)(=O)c1c(N)cccc1Cl. The zero-order chi connectivity index (χ0) is 11.6. The Morgan fingerprint density at radius 1 is 1.53 bits per heavy atom. The minimum Gasteiger partial charge on any atom is -0.398 e. The highest BCUT2D eigenvalue weighted by Crippen LogP contribution is 2.28. The molecule has 0 heterocycles. The number of nitrogen functional groups attached to an aromatic ring is 1. The lowest BCUT2D eigenvalue weighted by Gasteiger charge is -2.10. The zero-order valence-electron chi connectivity index (χ0n) is 8.14. The smallest absolute Gasteiger partial charge is 0.184 e. The highest BCUT2D eigenvalue weighted by atomic mass is 35.5. The summed E-state index contributed by atoms with van der Waals surface area (Å²) in [4.78, 5) is -0.104. The number of nitrogens with two attached hydrogens (primary N) is 1. The van der Waals surface area contributed by atoms with Gasteiger partial charge in [-0.1, -0.05) is 17.7 Å². The summed E-state index contributed by atoms with van der Waals surface area (Å²) in [7, 11) is -3.63. The highest BCUT2D eigenvalue weighted by Gasteiger charge is 2.22. The van der Waals surface area contributed by atoms with E-state index in [9.17, 15) is 8.42 Å². The Balaban J connectivity index is 3.27. The van der Waals surface area contributed by atoms with Crippen molar-refractivity contribution in [3.8, 4) is 0 Å². The topological polar surface area (TPSA) is 80.4 Å². The Hall–Kier alpha value is -0.780. The molecule has 4 nitrogen and oxygen atoms in total. The molecule has 0 fully saturated rings. The molecule has 1 unspecified atom stereocenters. The molecule has 0 aromatic heterocycles. The first kappa shape index (κ1) is 12.3. The van der Waals surface area contributed by atoms with Crippen LogP contribution in [0.25, 0.3) is 0 Å². The van der Waals surface area contributed by atoms with Crippen molar-refractivity contribution >= 4 is 27.1 Å². The minimum absolute atomic E-state index is 0.0793. The van der Waals surface area contributed by atoms with E-state index in [2.05, 4.69) is 0 Å². The molecule has 84 valence electrons. The Kier molecular flexibility index (Phi) is 3.59. The van der Waals surface area contributed by atoms with Gasteiger partial charge in [0.05, 0.1) is 22.6 Å². The van der Waals surface area contributed by atoms with E-state index in [1.165, 1.54) is 19.1 Å². The van der Waals surface area contributed by atoms with E-state index in [4.69, 9.17) is 22.4 Å². The molecule has 1 aromatic carbocycles. The zero-order valence-corrected chi connectivity index (χ0v) is 9.72. The number of hydrogen-bond donors (Lipinski definition) is 2. The van der Waals surface area contributed by atoms with Crippen LogP contribution in [0, 0.1) is 0 Å². The molecule has 0 spiro atoms. The Bertz CT molecular complexity index is 436. The highest BCUT2D eigenvalue weighted by molar-refractivity contribution is 7.91. The number of rotatable bonds is 3. The summed E-state index contributed by atoms with van der Waals surface area (Å²) in [6.45, 7) is 1.39. The summed E-state index contributed by atoms with van der Waals surface area (Å²) in [6.07, 6.45) is -0.953. The molecule has 15 heavy (non-hydrogen) atoms. The molecule has 3 N–H and O–H groups in total. The van der Waals surface area contributed by atoms with Gasteiger partial charge in [0.2, 0.25) is 0 Å². The third-order valence-electron chi connectivity index (χ3n) is 1.77. The number of benzene rings is 1. The van der Waals surface area contributed by atoms with Crippen molar-refractivity contribution in [2.75, 3.05) is 11.5 Å². The van der Waals surface area contributed by atoms with Crippen LogP contribution in [0.2, 0.25) is 5.02 Å². The van der Waals surface area contributed by atoms with Crippen LogP contribution in [0.1, 0.15) is 6.92 Å². The predicted molar refractivity (Wildman–Crippen MR) is 59.6 cm³/mol. The maximum Gasteiger partial charge on any atom is 0.184 e. The Labute approximate surface area is 93.6 Å². The van der Waals surface area contributed by atoms with Gasteiger partial charge in [0, 0.05) is 0 Å². The fraction of sp³-hybridized carbons (Fsp3) is 0.333. The summed E-state index contributed by atoms with van der Waals surface area (Å²) in [6, 6.07) is 4.48. The number of aliphatic hydroxyl groups excluding tert-OH is 1. The lowest BCUT2D eigenvalue weighted by atomic mass is 10.3. The number of halogens is 1. The van der Waals surface area contributed by atoms with Crippen molar-refractivity contribution in [1.82, 2.24) is 0 Å². The summed E-state index contributed by atoms with van der Waals surface area (Å²) >= 11 is 5.76. The lowest BCUT2D eigenvalue weighted by molar-refractivity contribution is 0.218. The van der Waals surface area contributed by atoms with Crippen molar-refractivity contribution in [3.05, 3.63) is 23.2 Å². The molecule has 1 rings (SSSR count). The molecule has 0 bridgehead atoms. The van der Waals surface area contributed by atoms with Crippen LogP contribution >= 0.6 is 11.6 Å². The molecule has 0 amide bonds. The van der Waals surface area contributed by atoms with Crippen LogP contribution in [0.3, 0.4) is 0 Å². The maximum absolute atomic E-state index is 11.8. The van der Waals surface area contributed by atoms with Gasteiger partial charge in [-0.2, -0.15) is 0 Å². The van der Waals surface area contributed by atoms with E-state index in [1.807, 2.05) is 0 Å². The van der Waals surface area contributed by atoms with Crippen LogP contribution < -0.4 is 5.73 Å². The van der Waals surface area contributed by atoms with Gasteiger partial charge in [-0.05, 0) is 19.1 Å². The average Bonchev–Trinajstić information content (AvgIpc) is 1.99. The van der Waals surface area contributed by atoms with Gasteiger partial charge in [-0.3, -0.25) is 0 Å². The maximum atomic E-state index is 11.8. The molecule has 0 saturated heterocycles. The summed E-state index contributed by atoms with van der Waals surface area (Å²) in [5.41, 5.74) is 5.64. The molecule has 1 aromatic rings. The molecular weight excluding hydrogens is 238 g/mol. The normalized spacial score (nSPS) is 13.8. The largest absolute Gasteiger partial charge is 0.398 e. The van der Waals surface area contributed by atoms with E-state index in [-0.39, 0.29) is 21.4 Å². The molecule has 0 aliphatic heterocycles. The van der Waals surface area contributed by atoms with Crippen molar-refractivity contribution in [1.29, 1.82) is 0 Å². The molecule has 0 radical (unpaired) electrons. The number of aliphatic hydroxyl groups is 1. The van der Waals surface area contributed by atoms with E-state index >= 15 is 0 Å². The fourth-order valence-corrected chi connectivity index (χ4v) is 3.38. The van der Waals surface area contributed by atoms with Gasteiger partial charge in [-0.15, -0.1) is 0 Å². The Morgan fingerprint density at radius 2 is 2.13 bits per heavy atom. The average molecular weight is 250 g/mol. The predicted octanol–water partition coefficient (Wildman–Crippen LogP) is 1.08. The third kappa shape index (κ3) is 2.84. The van der Waals surface area contributed by atoms with Crippen LogP contribution in [0.15, 0.2) is 23.1 Å². The first-order chi connectivity index (χ1) is 6.84. The summed E-state index contributed by atoms with van der Waals surface area (Å²) in [5.74, 6) is -0.388. The number of hydrogen-bond acceptors (Lipinski definition) is 4. The summed E-state index contributed by atoms with van der Waals surface area (Å²) in [5, 5.41) is 9.15. The molecule has 0 saturated carbocycles. The van der Waals surface area contributed by atoms with Crippen LogP contribution in [-0.4, -0.2) is 25.4 Å². The van der Waals surface area contributed by atoms with E-state index in [0.29, 0.717) is 0 Å². The quantitative estimate of drug-likeness (QED) is 0.786. The Morgan fingerprint density at radius 3 is 2.60 bits per heavy atom. The third-order valence-corrected chi connectivity index (χ3v) is 4.19. The van der Waals surface area contributed by atoms with Gasteiger partial charge in [0.1, 0.15) is 4.90 Å². The lowest BCUT2D eigenvalue weighted by Crippen LogP contribution is -2.19.